The van der Waals surface area contributed by atoms with Crippen molar-refractivity contribution in [2.24, 2.45) is 27.4 Å². The van der Waals surface area contributed by atoms with Crippen LogP contribution in [0.2, 0.25) is 0 Å². The SMILES string of the molecule is CN1C(N)=NC(C)(C2CCCCC2)N=C1N. The minimum absolute atomic E-state index is 0.443. The van der Waals surface area contributed by atoms with E-state index in [1.165, 1.54) is 32.1 Å². The van der Waals surface area contributed by atoms with Crippen LogP contribution in [0.15, 0.2) is 9.98 Å². The molecule has 90 valence electrons. The Morgan fingerprint density at radius 1 is 1.12 bits per heavy atom. The van der Waals surface area contributed by atoms with Gasteiger partial charge in [-0.25, -0.2) is 9.98 Å². The van der Waals surface area contributed by atoms with Crippen molar-refractivity contribution in [3.05, 3.63) is 0 Å². The minimum Gasteiger partial charge on any atom is -0.369 e. The summed E-state index contributed by atoms with van der Waals surface area (Å²) in [5.41, 5.74) is 11.3. The van der Waals surface area contributed by atoms with Crippen molar-refractivity contribution in [3.63, 3.8) is 0 Å². The van der Waals surface area contributed by atoms with Crippen LogP contribution >= 0.6 is 0 Å². The van der Waals surface area contributed by atoms with Gasteiger partial charge in [0.15, 0.2) is 17.6 Å². The van der Waals surface area contributed by atoms with E-state index in [2.05, 4.69) is 9.98 Å². The molecular formula is C11H21N5. The molecule has 0 aromatic rings. The number of hydrogen-bond donors (Lipinski definition) is 2. The predicted molar refractivity (Wildman–Crippen MR) is 66.0 cm³/mol. The quantitative estimate of drug-likeness (QED) is 0.692. The Balaban J connectivity index is 2.23. The summed E-state index contributed by atoms with van der Waals surface area (Å²) in [5, 5.41) is 0. The van der Waals surface area contributed by atoms with Crippen molar-refractivity contribution in [1.29, 1.82) is 0 Å². The molecule has 0 aromatic heterocycles. The Kier molecular flexibility index (Phi) is 2.78. The van der Waals surface area contributed by atoms with E-state index in [0.717, 1.165) is 0 Å². The first kappa shape index (κ1) is 11.2. The van der Waals surface area contributed by atoms with Gasteiger partial charge in [0, 0.05) is 13.0 Å². The molecule has 0 radical (unpaired) electrons. The zero-order valence-corrected chi connectivity index (χ0v) is 10.1. The zero-order valence-electron chi connectivity index (χ0n) is 10.1. The Morgan fingerprint density at radius 3 is 2.12 bits per heavy atom. The molecular weight excluding hydrogens is 202 g/mol. The highest BCUT2D eigenvalue weighted by Crippen LogP contribution is 2.37. The first-order chi connectivity index (χ1) is 7.53. The molecule has 1 aliphatic carbocycles. The highest BCUT2D eigenvalue weighted by atomic mass is 15.4. The third-order valence-corrected chi connectivity index (χ3v) is 3.75. The fraction of sp³-hybridized carbons (Fsp3) is 0.818. The molecule has 0 amide bonds. The maximum atomic E-state index is 5.87. The fourth-order valence-electron chi connectivity index (χ4n) is 2.59. The molecule has 1 heterocycles. The number of aliphatic imine (C=N–C) groups is 2. The van der Waals surface area contributed by atoms with Gasteiger partial charge in [0.2, 0.25) is 0 Å². The normalized spacial score (nSPS) is 26.2. The van der Waals surface area contributed by atoms with Crippen LogP contribution in [-0.2, 0) is 0 Å². The van der Waals surface area contributed by atoms with Crippen molar-refractivity contribution in [1.82, 2.24) is 4.90 Å². The minimum atomic E-state index is -0.443. The molecule has 0 saturated heterocycles. The standard InChI is InChI=1S/C11H21N5/c1-11(8-6-4-3-5-7-8)14-9(12)16(2)10(13)15-11/h8H,3-7H2,1-2H3,(H2,12,14)(H2,13,15). The number of rotatable bonds is 1. The van der Waals surface area contributed by atoms with Gasteiger partial charge in [-0.15, -0.1) is 0 Å². The van der Waals surface area contributed by atoms with E-state index in [1.54, 1.807) is 11.9 Å². The average Bonchev–Trinajstić information content (AvgIpc) is 2.27. The van der Waals surface area contributed by atoms with Crippen molar-refractivity contribution >= 4 is 11.9 Å². The van der Waals surface area contributed by atoms with Crippen LogP contribution in [0.3, 0.4) is 0 Å². The average molecular weight is 223 g/mol. The maximum Gasteiger partial charge on any atom is 0.200 e. The highest BCUT2D eigenvalue weighted by Gasteiger charge is 2.37. The summed E-state index contributed by atoms with van der Waals surface area (Å²) >= 11 is 0. The second-order valence-electron chi connectivity index (χ2n) is 4.93. The summed E-state index contributed by atoms with van der Waals surface area (Å²) in [6.45, 7) is 2.04. The first-order valence-electron chi connectivity index (χ1n) is 5.97. The van der Waals surface area contributed by atoms with Gasteiger partial charge < -0.3 is 11.5 Å². The Labute approximate surface area is 96.6 Å². The molecule has 5 heteroatoms. The maximum absolute atomic E-state index is 5.87. The van der Waals surface area contributed by atoms with Crippen LogP contribution in [-0.4, -0.2) is 29.5 Å². The van der Waals surface area contributed by atoms with E-state index in [4.69, 9.17) is 11.5 Å². The largest absolute Gasteiger partial charge is 0.369 e. The van der Waals surface area contributed by atoms with E-state index >= 15 is 0 Å². The summed E-state index contributed by atoms with van der Waals surface area (Å²) in [6.07, 6.45) is 6.20. The summed E-state index contributed by atoms with van der Waals surface area (Å²) in [4.78, 5) is 10.7. The van der Waals surface area contributed by atoms with E-state index in [-0.39, 0.29) is 0 Å². The van der Waals surface area contributed by atoms with E-state index in [9.17, 15) is 0 Å². The van der Waals surface area contributed by atoms with Gasteiger partial charge in [-0.1, -0.05) is 19.3 Å². The van der Waals surface area contributed by atoms with Crippen molar-refractivity contribution in [3.8, 4) is 0 Å². The van der Waals surface area contributed by atoms with Crippen LogP contribution in [0.5, 0.6) is 0 Å². The third kappa shape index (κ3) is 1.86. The third-order valence-electron chi connectivity index (χ3n) is 3.75. The van der Waals surface area contributed by atoms with Gasteiger partial charge in [0.05, 0.1) is 0 Å². The summed E-state index contributed by atoms with van der Waals surface area (Å²) in [5.74, 6) is 1.42. The van der Waals surface area contributed by atoms with Crippen LogP contribution < -0.4 is 11.5 Å². The summed E-state index contributed by atoms with van der Waals surface area (Å²) in [7, 11) is 1.79. The molecule has 1 aliphatic heterocycles. The lowest BCUT2D eigenvalue weighted by Crippen LogP contribution is -2.51. The van der Waals surface area contributed by atoms with Crippen molar-refractivity contribution in [2.75, 3.05) is 7.05 Å². The summed E-state index contributed by atoms with van der Waals surface area (Å²) < 4.78 is 0. The smallest absolute Gasteiger partial charge is 0.200 e. The first-order valence-corrected chi connectivity index (χ1v) is 5.97. The van der Waals surface area contributed by atoms with E-state index < -0.39 is 5.66 Å². The molecule has 0 aromatic carbocycles. The molecule has 0 unspecified atom stereocenters. The fourth-order valence-corrected chi connectivity index (χ4v) is 2.59. The monoisotopic (exact) mass is 223 g/mol. The molecule has 0 atom stereocenters. The molecule has 4 N–H and O–H groups in total. The second-order valence-corrected chi connectivity index (χ2v) is 4.93. The molecule has 0 spiro atoms. The van der Waals surface area contributed by atoms with Crippen molar-refractivity contribution in [2.45, 2.75) is 44.7 Å². The Hall–Kier alpha value is -1.26. The lowest BCUT2D eigenvalue weighted by molar-refractivity contribution is 0.226. The molecule has 16 heavy (non-hydrogen) atoms. The Morgan fingerprint density at radius 2 is 1.62 bits per heavy atom. The van der Waals surface area contributed by atoms with Gasteiger partial charge in [0.25, 0.3) is 0 Å². The van der Waals surface area contributed by atoms with Crippen LogP contribution in [0.25, 0.3) is 0 Å². The van der Waals surface area contributed by atoms with Gasteiger partial charge in [-0.2, -0.15) is 0 Å². The number of nitrogens with zero attached hydrogens (tertiary/aromatic N) is 3. The van der Waals surface area contributed by atoms with Gasteiger partial charge >= 0.3 is 0 Å². The molecule has 1 saturated carbocycles. The topological polar surface area (TPSA) is 80.0 Å². The lowest BCUT2D eigenvalue weighted by atomic mass is 9.81. The zero-order chi connectivity index (χ0) is 11.8. The number of nitrogens with two attached hydrogens (primary N) is 2. The van der Waals surface area contributed by atoms with Gasteiger partial charge in [-0.05, 0) is 19.8 Å². The lowest BCUT2D eigenvalue weighted by Gasteiger charge is -2.38. The second kappa shape index (κ2) is 3.96. The highest BCUT2D eigenvalue weighted by molar-refractivity contribution is 5.98. The van der Waals surface area contributed by atoms with Crippen LogP contribution in [0.1, 0.15) is 39.0 Å². The molecule has 2 aliphatic rings. The molecule has 5 nitrogen and oxygen atoms in total. The molecule has 0 bridgehead atoms. The predicted octanol–water partition coefficient (Wildman–Crippen LogP) is 0.858. The van der Waals surface area contributed by atoms with E-state index in [0.29, 0.717) is 17.8 Å². The van der Waals surface area contributed by atoms with Gasteiger partial charge in [0.1, 0.15) is 0 Å². The summed E-state index contributed by atoms with van der Waals surface area (Å²) in [6, 6.07) is 0. The van der Waals surface area contributed by atoms with Gasteiger partial charge in [-0.3, -0.25) is 4.90 Å². The van der Waals surface area contributed by atoms with Crippen molar-refractivity contribution < 1.29 is 0 Å². The van der Waals surface area contributed by atoms with Crippen LogP contribution in [0, 0.1) is 5.92 Å². The van der Waals surface area contributed by atoms with E-state index in [1.807, 2.05) is 6.92 Å². The Bertz CT molecular complexity index is 307. The molecule has 2 rings (SSSR count). The number of guanidine groups is 2. The van der Waals surface area contributed by atoms with Crippen LogP contribution in [0.4, 0.5) is 0 Å². The molecule has 1 fully saturated rings. The number of hydrogen-bond acceptors (Lipinski definition) is 5.